The molecule has 0 radical (unpaired) electrons. The molecule has 1 aliphatic rings. The standard InChI is InChI=1S/C15H20N2O2/c1-11(2)16-13(18)15(3)9-10-17(14(15)19)12-7-5-4-6-8-12/h4-8,11H,9-10H2,1-3H3,(H,16,18). The van der Waals surface area contributed by atoms with Gasteiger partial charge in [0.2, 0.25) is 11.8 Å². The number of hydrogen-bond acceptors (Lipinski definition) is 2. The van der Waals surface area contributed by atoms with Gasteiger partial charge >= 0.3 is 0 Å². The summed E-state index contributed by atoms with van der Waals surface area (Å²) in [6, 6.07) is 9.53. The second kappa shape index (κ2) is 5.03. The molecule has 1 N–H and O–H groups in total. The first-order valence-corrected chi connectivity index (χ1v) is 6.63. The van der Waals surface area contributed by atoms with E-state index in [0.717, 1.165) is 5.69 Å². The highest BCUT2D eigenvalue weighted by Crippen LogP contribution is 2.34. The molecule has 1 saturated heterocycles. The predicted molar refractivity (Wildman–Crippen MR) is 74.8 cm³/mol. The van der Waals surface area contributed by atoms with E-state index in [4.69, 9.17) is 0 Å². The van der Waals surface area contributed by atoms with E-state index >= 15 is 0 Å². The van der Waals surface area contributed by atoms with E-state index < -0.39 is 5.41 Å². The van der Waals surface area contributed by atoms with Gasteiger partial charge in [-0.3, -0.25) is 9.59 Å². The van der Waals surface area contributed by atoms with Crippen molar-refractivity contribution in [2.45, 2.75) is 33.2 Å². The molecule has 102 valence electrons. The SMILES string of the molecule is CC(C)NC(=O)C1(C)CCN(c2ccccc2)C1=O. The first kappa shape index (κ1) is 13.6. The Kier molecular flexibility index (Phi) is 3.60. The van der Waals surface area contributed by atoms with Crippen molar-refractivity contribution >= 4 is 17.5 Å². The topological polar surface area (TPSA) is 49.4 Å². The van der Waals surface area contributed by atoms with Gasteiger partial charge in [-0.05, 0) is 39.3 Å². The summed E-state index contributed by atoms with van der Waals surface area (Å²) < 4.78 is 0. The summed E-state index contributed by atoms with van der Waals surface area (Å²) in [6.07, 6.45) is 0.555. The molecule has 1 unspecified atom stereocenters. The lowest BCUT2D eigenvalue weighted by Crippen LogP contribution is -2.47. The van der Waals surface area contributed by atoms with Gasteiger partial charge in [0.05, 0.1) is 0 Å². The zero-order chi connectivity index (χ0) is 14.0. The quantitative estimate of drug-likeness (QED) is 0.845. The van der Waals surface area contributed by atoms with Crippen LogP contribution in [0.1, 0.15) is 27.2 Å². The van der Waals surface area contributed by atoms with Gasteiger partial charge < -0.3 is 10.2 Å². The lowest BCUT2D eigenvalue weighted by Gasteiger charge is -2.24. The number of anilines is 1. The summed E-state index contributed by atoms with van der Waals surface area (Å²) in [5.74, 6) is -0.289. The predicted octanol–water partition coefficient (Wildman–Crippen LogP) is 1.95. The van der Waals surface area contributed by atoms with Gasteiger partial charge in [-0.15, -0.1) is 0 Å². The highest BCUT2D eigenvalue weighted by atomic mass is 16.2. The number of benzene rings is 1. The average Bonchev–Trinajstić information content (AvgIpc) is 2.68. The Balaban J connectivity index is 2.20. The molecule has 19 heavy (non-hydrogen) atoms. The Morgan fingerprint density at radius 1 is 1.32 bits per heavy atom. The summed E-state index contributed by atoms with van der Waals surface area (Å²) >= 11 is 0. The maximum absolute atomic E-state index is 12.5. The highest BCUT2D eigenvalue weighted by Gasteiger charge is 2.49. The lowest BCUT2D eigenvalue weighted by molar-refractivity contribution is -0.139. The fourth-order valence-electron chi connectivity index (χ4n) is 2.33. The average molecular weight is 260 g/mol. The number of nitrogens with one attached hydrogen (secondary N) is 1. The third kappa shape index (κ3) is 2.48. The number of amides is 2. The van der Waals surface area contributed by atoms with Crippen LogP contribution in [-0.4, -0.2) is 24.4 Å². The Hall–Kier alpha value is -1.84. The zero-order valence-corrected chi connectivity index (χ0v) is 11.6. The molecule has 1 aliphatic heterocycles. The normalized spacial score (nSPS) is 22.9. The van der Waals surface area contributed by atoms with E-state index in [1.807, 2.05) is 44.2 Å². The van der Waals surface area contributed by atoms with Gasteiger partial charge in [-0.2, -0.15) is 0 Å². The van der Waals surface area contributed by atoms with Crippen molar-refractivity contribution in [2.24, 2.45) is 5.41 Å². The molecule has 4 nitrogen and oxygen atoms in total. The van der Waals surface area contributed by atoms with Gasteiger partial charge in [0, 0.05) is 18.3 Å². The summed E-state index contributed by atoms with van der Waals surface area (Å²) in [5, 5.41) is 2.84. The van der Waals surface area contributed by atoms with Crippen LogP contribution in [0, 0.1) is 5.41 Å². The molecule has 2 amide bonds. The molecule has 0 spiro atoms. The third-order valence-electron chi connectivity index (χ3n) is 3.54. The molecule has 0 aromatic heterocycles. The van der Waals surface area contributed by atoms with Crippen LogP contribution < -0.4 is 10.2 Å². The van der Waals surface area contributed by atoms with Crippen molar-refractivity contribution in [3.8, 4) is 0 Å². The maximum Gasteiger partial charge on any atom is 0.242 e. The number of nitrogens with zero attached hydrogens (tertiary/aromatic N) is 1. The summed E-state index contributed by atoms with van der Waals surface area (Å²) in [6.45, 7) is 6.12. The van der Waals surface area contributed by atoms with E-state index in [0.29, 0.717) is 13.0 Å². The minimum atomic E-state index is -0.944. The molecular weight excluding hydrogens is 240 g/mol. The number of carbonyl (C=O) groups is 2. The number of para-hydroxylation sites is 1. The van der Waals surface area contributed by atoms with Crippen LogP contribution in [0.3, 0.4) is 0 Å². The number of rotatable bonds is 3. The molecule has 0 bridgehead atoms. The first-order valence-electron chi connectivity index (χ1n) is 6.63. The smallest absolute Gasteiger partial charge is 0.242 e. The van der Waals surface area contributed by atoms with Crippen LogP contribution in [0.4, 0.5) is 5.69 Å². The van der Waals surface area contributed by atoms with Crippen LogP contribution in [0.2, 0.25) is 0 Å². The van der Waals surface area contributed by atoms with Gasteiger partial charge in [-0.25, -0.2) is 0 Å². The number of hydrogen-bond donors (Lipinski definition) is 1. The van der Waals surface area contributed by atoms with Crippen LogP contribution in [0.25, 0.3) is 0 Å². The zero-order valence-electron chi connectivity index (χ0n) is 11.6. The second-order valence-corrected chi connectivity index (χ2v) is 5.50. The van der Waals surface area contributed by atoms with Gasteiger partial charge in [0.25, 0.3) is 0 Å². The monoisotopic (exact) mass is 260 g/mol. The van der Waals surface area contributed by atoms with Crippen molar-refractivity contribution in [3.63, 3.8) is 0 Å². The third-order valence-corrected chi connectivity index (χ3v) is 3.54. The van der Waals surface area contributed by atoms with Crippen LogP contribution in [-0.2, 0) is 9.59 Å². The van der Waals surface area contributed by atoms with Crippen molar-refractivity contribution in [3.05, 3.63) is 30.3 Å². The molecule has 1 aromatic rings. The van der Waals surface area contributed by atoms with E-state index in [-0.39, 0.29) is 17.9 Å². The van der Waals surface area contributed by atoms with Crippen molar-refractivity contribution in [1.82, 2.24) is 5.32 Å². The van der Waals surface area contributed by atoms with Gasteiger partial charge in [0.15, 0.2) is 0 Å². The molecule has 2 rings (SSSR count). The molecule has 0 saturated carbocycles. The Morgan fingerprint density at radius 2 is 1.95 bits per heavy atom. The molecule has 1 fully saturated rings. The van der Waals surface area contributed by atoms with Crippen LogP contribution >= 0.6 is 0 Å². The molecule has 1 atom stereocenters. The summed E-state index contributed by atoms with van der Waals surface area (Å²) in [4.78, 5) is 26.4. The fourth-order valence-corrected chi connectivity index (χ4v) is 2.33. The summed E-state index contributed by atoms with van der Waals surface area (Å²) in [7, 11) is 0. The first-order chi connectivity index (χ1) is 8.95. The molecule has 4 heteroatoms. The second-order valence-electron chi connectivity index (χ2n) is 5.50. The molecular formula is C15H20N2O2. The van der Waals surface area contributed by atoms with Crippen molar-refractivity contribution < 1.29 is 9.59 Å². The highest BCUT2D eigenvalue weighted by molar-refractivity contribution is 6.13. The summed E-state index contributed by atoms with van der Waals surface area (Å²) in [5.41, 5.74) is -0.0892. The van der Waals surface area contributed by atoms with E-state index in [9.17, 15) is 9.59 Å². The Morgan fingerprint density at radius 3 is 2.53 bits per heavy atom. The maximum atomic E-state index is 12.5. The minimum absolute atomic E-state index is 0.0444. The number of carbonyl (C=O) groups excluding carboxylic acids is 2. The van der Waals surface area contributed by atoms with Gasteiger partial charge in [-0.1, -0.05) is 18.2 Å². The van der Waals surface area contributed by atoms with E-state index in [1.54, 1.807) is 11.8 Å². The molecule has 1 heterocycles. The largest absolute Gasteiger partial charge is 0.353 e. The van der Waals surface area contributed by atoms with Crippen LogP contribution in [0.15, 0.2) is 30.3 Å². The van der Waals surface area contributed by atoms with E-state index in [2.05, 4.69) is 5.32 Å². The lowest BCUT2D eigenvalue weighted by atomic mass is 9.87. The molecule has 1 aromatic carbocycles. The minimum Gasteiger partial charge on any atom is -0.353 e. The molecule has 0 aliphatic carbocycles. The van der Waals surface area contributed by atoms with Crippen LogP contribution in [0.5, 0.6) is 0 Å². The fraction of sp³-hybridized carbons (Fsp3) is 0.467. The van der Waals surface area contributed by atoms with E-state index in [1.165, 1.54) is 0 Å². The van der Waals surface area contributed by atoms with Crippen molar-refractivity contribution in [2.75, 3.05) is 11.4 Å². The van der Waals surface area contributed by atoms with Crippen molar-refractivity contribution in [1.29, 1.82) is 0 Å². The Bertz CT molecular complexity index is 484. The van der Waals surface area contributed by atoms with Gasteiger partial charge in [0.1, 0.15) is 5.41 Å². The Labute approximate surface area is 113 Å².